The molecule has 0 spiro atoms. The fraction of sp³-hybridized carbons (Fsp3) is 1.00. The Morgan fingerprint density at radius 1 is 0.737 bits per heavy atom. The van der Waals surface area contributed by atoms with Gasteiger partial charge in [0.1, 0.15) is 5.60 Å². The summed E-state index contributed by atoms with van der Waals surface area (Å²) in [5, 5.41) is 13.1. The Hall–Kier alpha value is -0.0400. The summed E-state index contributed by atoms with van der Waals surface area (Å²) in [6.45, 7) is 8.78. The van der Waals surface area contributed by atoms with Crippen molar-refractivity contribution in [2.75, 3.05) is 0 Å². The average Bonchev–Trinajstić information content (AvgIpc) is 2.44. The molecule has 1 nitrogen and oxygen atoms in total. The van der Waals surface area contributed by atoms with Crippen LogP contribution >= 0.6 is 0 Å². The van der Waals surface area contributed by atoms with Gasteiger partial charge in [-0.05, 0) is 31.6 Å². The predicted octanol–water partition coefficient (Wildman–Crippen LogP) is 6.53. The van der Waals surface area contributed by atoms with E-state index in [0.717, 1.165) is 32.1 Å². The van der Waals surface area contributed by atoms with Crippen molar-refractivity contribution in [2.45, 2.75) is 110 Å². The van der Waals surface area contributed by atoms with Crippen molar-refractivity contribution >= 4 is 0 Å². The zero-order valence-corrected chi connectivity index (χ0v) is 14.0. The second kappa shape index (κ2) is 11.8. The summed E-state index contributed by atoms with van der Waals surface area (Å²) in [6.07, 6.45) is 13.9. The van der Waals surface area contributed by atoms with E-state index >= 15 is 0 Å². The highest BCUT2D eigenvalue weighted by atomic mass is 16.3. The molecule has 1 heteroatoms. The molecular weight excluding hydrogens is 232 g/mol. The molecule has 1 radical (unpaired) electrons. The Labute approximate surface area is 122 Å². The van der Waals surface area contributed by atoms with Crippen LogP contribution in [0.1, 0.15) is 105 Å². The van der Waals surface area contributed by atoms with Crippen LogP contribution in [0.3, 0.4) is 0 Å². The molecule has 115 valence electrons. The zero-order chi connectivity index (χ0) is 14.6. The highest BCUT2D eigenvalue weighted by Gasteiger charge is 2.35. The van der Waals surface area contributed by atoms with Crippen molar-refractivity contribution in [3.63, 3.8) is 0 Å². The van der Waals surface area contributed by atoms with E-state index in [1.807, 2.05) is 0 Å². The van der Waals surface area contributed by atoms with Crippen LogP contribution in [0.25, 0.3) is 0 Å². The van der Waals surface area contributed by atoms with Gasteiger partial charge in [0.2, 0.25) is 0 Å². The molecule has 0 fully saturated rings. The minimum absolute atomic E-state index is 0.417. The van der Waals surface area contributed by atoms with E-state index in [1.165, 1.54) is 44.9 Å². The molecule has 0 rings (SSSR count). The number of hydrogen-bond donors (Lipinski definition) is 0. The second-order valence-electron chi connectivity index (χ2n) is 6.21. The van der Waals surface area contributed by atoms with Crippen molar-refractivity contribution in [1.29, 1.82) is 0 Å². The first-order valence-electron chi connectivity index (χ1n) is 8.84. The Kier molecular flexibility index (Phi) is 11.7. The molecule has 2 unspecified atom stereocenters. The maximum Gasteiger partial charge on any atom is 0.106 e. The first kappa shape index (κ1) is 19.0. The summed E-state index contributed by atoms with van der Waals surface area (Å²) >= 11 is 0. The van der Waals surface area contributed by atoms with Crippen LogP contribution in [0.2, 0.25) is 0 Å². The minimum Gasteiger partial charge on any atom is -0.229 e. The SMILES string of the molecule is CCCCCCC(CCCC)C([O])(CC)CCCC. The van der Waals surface area contributed by atoms with Crippen molar-refractivity contribution in [1.82, 2.24) is 0 Å². The van der Waals surface area contributed by atoms with Gasteiger partial charge in [-0.2, -0.15) is 0 Å². The smallest absolute Gasteiger partial charge is 0.106 e. The molecule has 0 bridgehead atoms. The van der Waals surface area contributed by atoms with Crippen LogP contribution in [0.5, 0.6) is 0 Å². The summed E-state index contributed by atoms with van der Waals surface area (Å²) in [5.74, 6) is 0.417. The molecule has 0 amide bonds. The summed E-state index contributed by atoms with van der Waals surface area (Å²) in [4.78, 5) is 0. The predicted molar refractivity (Wildman–Crippen MR) is 85.0 cm³/mol. The molecule has 0 aromatic rings. The van der Waals surface area contributed by atoms with Gasteiger partial charge in [-0.15, -0.1) is 0 Å². The molecule has 0 N–H and O–H groups in total. The normalized spacial score (nSPS) is 16.3. The molecule has 0 aliphatic heterocycles. The van der Waals surface area contributed by atoms with Crippen molar-refractivity contribution in [3.8, 4) is 0 Å². The highest BCUT2D eigenvalue weighted by Crippen LogP contribution is 2.35. The zero-order valence-electron chi connectivity index (χ0n) is 14.0. The maximum atomic E-state index is 13.1. The molecule has 0 aliphatic rings. The van der Waals surface area contributed by atoms with Gasteiger partial charge in [0, 0.05) is 0 Å². The molecule has 0 saturated carbocycles. The monoisotopic (exact) mass is 269 g/mol. The average molecular weight is 269 g/mol. The van der Waals surface area contributed by atoms with E-state index in [-0.39, 0.29) is 0 Å². The lowest BCUT2D eigenvalue weighted by Gasteiger charge is -2.34. The third-order valence-electron chi connectivity index (χ3n) is 4.61. The van der Waals surface area contributed by atoms with E-state index in [0.29, 0.717) is 5.92 Å². The molecule has 0 aromatic heterocycles. The standard InChI is InChI=1S/C18H37O/c1-5-9-12-13-15-17(14-10-6-2)18(19,8-4)16-11-7-3/h17H,5-16H2,1-4H3. The lowest BCUT2D eigenvalue weighted by molar-refractivity contribution is -0.0948. The lowest BCUT2D eigenvalue weighted by atomic mass is 9.75. The number of hydrogen-bond acceptors (Lipinski definition) is 0. The Morgan fingerprint density at radius 2 is 1.32 bits per heavy atom. The lowest BCUT2D eigenvalue weighted by Crippen LogP contribution is -2.36. The summed E-state index contributed by atoms with van der Waals surface area (Å²) in [5.41, 5.74) is -0.641. The van der Waals surface area contributed by atoms with E-state index in [9.17, 15) is 5.11 Å². The second-order valence-corrected chi connectivity index (χ2v) is 6.21. The van der Waals surface area contributed by atoms with Gasteiger partial charge in [-0.1, -0.05) is 79.1 Å². The first-order valence-corrected chi connectivity index (χ1v) is 8.84. The van der Waals surface area contributed by atoms with Gasteiger partial charge in [0.05, 0.1) is 0 Å². The molecule has 0 heterocycles. The van der Waals surface area contributed by atoms with Crippen LogP contribution in [-0.4, -0.2) is 5.60 Å². The fourth-order valence-electron chi connectivity index (χ4n) is 3.08. The maximum absolute atomic E-state index is 13.1. The van der Waals surface area contributed by atoms with Gasteiger partial charge in [-0.3, -0.25) is 0 Å². The van der Waals surface area contributed by atoms with Crippen LogP contribution < -0.4 is 0 Å². The van der Waals surface area contributed by atoms with Gasteiger partial charge in [-0.25, -0.2) is 5.11 Å². The Bertz CT molecular complexity index is 190. The molecule has 19 heavy (non-hydrogen) atoms. The van der Waals surface area contributed by atoms with Crippen LogP contribution in [0, 0.1) is 5.92 Å². The molecule has 0 saturated heterocycles. The largest absolute Gasteiger partial charge is 0.229 e. The summed E-state index contributed by atoms with van der Waals surface area (Å²) in [7, 11) is 0. The van der Waals surface area contributed by atoms with E-state index in [1.54, 1.807) is 0 Å². The quantitative estimate of drug-likeness (QED) is 0.339. The Balaban J connectivity index is 4.39. The molecule has 2 atom stereocenters. The van der Waals surface area contributed by atoms with Gasteiger partial charge < -0.3 is 0 Å². The van der Waals surface area contributed by atoms with E-state index in [4.69, 9.17) is 0 Å². The molecule has 0 aromatic carbocycles. The van der Waals surface area contributed by atoms with E-state index in [2.05, 4.69) is 27.7 Å². The van der Waals surface area contributed by atoms with Crippen molar-refractivity contribution in [2.24, 2.45) is 5.92 Å². The van der Waals surface area contributed by atoms with Gasteiger partial charge >= 0.3 is 0 Å². The van der Waals surface area contributed by atoms with Gasteiger partial charge in [0.25, 0.3) is 0 Å². The van der Waals surface area contributed by atoms with Gasteiger partial charge in [0.15, 0.2) is 0 Å². The van der Waals surface area contributed by atoms with Crippen molar-refractivity contribution in [3.05, 3.63) is 0 Å². The topological polar surface area (TPSA) is 19.9 Å². The fourth-order valence-corrected chi connectivity index (χ4v) is 3.08. The Morgan fingerprint density at radius 3 is 1.84 bits per heavy atom. The minimum atomic E-state index is -0.641. The van der Waals surface area contributed by atoms with E-state index < -0.39 is 5.60 Å². The van der Waals surface area contributed by atoms with Crippen molar-refractivity contribution < 1.29 is 5.11 Å². The molecule has 0 aliphatic carbocycles. The first-order chi connectivity index (χ1) is 9.14. The number of unbranched alkanes of at least 4 members (excludes halogenated alkanes) is 5. The van der Waals surface area contributed by atoms with Crippen LogP contribution in [0.4, 0.5) is 0 Å². The third-order valence-corrected chi connectivity index (χ3v) is 4.61. The van der Waals surface area contributed by atoms with Crippen LogP contribution in [0.15, 0.2) is 0 Å². The highest BCUT2D eigenvalue weighted by molar-refractivity contribution is 4.85. The van der Waals surface area contributed by atoms with Crippen LogP contribution in [-0.2, 0) is 5.11 Å². The number of rotatable bonds is 13. The third kappa shape index (κ3) is 7.97. The summed E-state index contributed by atoms with van der Waals surface area (Å²) < 4.78 is 0. The molecular formula is C18H37O. The summed E-state index contributed by atoms with van der Waals surface area (Å²) in [6, 6.07) is 0.